The Hall–Kier alpha value is -2.27. The van der Waals surface area contributed by atoms with Crippen molar-refractivity contribution < 1.29 is 14.3 Å². The molecule has 5 heteroatoms. The van der Waals surface area contributed by atoms with E-state index in [1.54, 1.807) is 23.2 Å². The number of carbonyl (C=O) groups is 1. The molecule has 0 bridgehead atoms. The Labute approximate surface area is 128 Å². The van der Waals surface area contributed by atoms with Gasteiger partial charge >= 0.3 is 0 Å². The minimum atomic E-state index is -0.395. The molecule has 2 aromatic rings. The summed E-state index contributed by atoms with van der Waals surface area (Å²) < 4.78 is 13.6. The van der Waals surface area contributed by atoms with Gasteiger partial charge in [-0.15, -0.1) is 0 Å². The van der Waals surface area contributed by atoms with Crippen LogP contribution < -0.4 is 4.90 Å². The largest absolute Gasteiger partial charge is 0.392 e. The number of rotatable bonds is 3. The molecule has 0 radical (unpaired) electrons. The third-order valence-electron chi connectivity index (χ3n) is 3.90. The van der Waals surface area contributed by atoms with Crippen molar-refractivity contribution >= 4 is 11.6 Å². The number of nitrogens with zero attached hydrogens (tertiary/aromatic N) is 2. The van der Waals surface area contributed by atoms with Crippen LogP contribution in [0.3, 0.4) is 0 Å². The minimum absolute atomic E-state index is 0.0578. The third kappa shape index (κ3) is 2.72. The Kier molecular flexibility index (Phi) is 4.15. The van der Waals surface area contributed by atoms with E-state index in [1.165, 1.54) is 12.1 Å². The molecule has 2 heterocycles. The lowest BCUT2D eigenvalue weighted by atomic mass is 10.0. The number of hydrogen-bond acceptors (Lipinski definition) is 3. The molecule has 1 N–H and O–H groups in total. The Bertz CT molecular complexity index is 703. The van der Waals surface area contributed by atoms with Crippen molar-refractivity contribution in [1.29, 1.82) is 0 Å². The van der Waals surface area contributed by atoms with Gasteiger partial charge in [0.25, 0.3) is 0 Å². The van der Waals surface area contributed by atoms with Crippen molar-refractivity contribution in [3.8, 4) is 11.3 Å². The van der Waals surface area contributed by atoms with E-state index in [1.807, 2.05) is 6.07 Å². The van der Waals surface area contributed by atoms with Crippen molar-refractivity contribution in [1.82, 2.24) is 4.98 Å². The summed E-state index contributed by atoms with van der Waals surface area (Å²) in [6.07, 6.45) is 3.96. The van der Waals surface area contributed by atoms with Gasteiger partial charge in [0.1, 0.15) is 5.82 Å². The number of piperidine rings is 1. The number of anilines is 1. The van der Waals surface area contributed by atoms with Gasteiger partial charge in [0.05, 0.1) is 18.0 Å². The number of hydrogen-bond donors (Lipinski definition) is 1. The Morgan fingerprint density at radius 1 is 1.27 bits per heavy atom. The topological polar surface area (TPSA) is 53.4 Å². The number of benzene rings is 1. The van der Waals surface area contributed by atoms with Crippen LogP contribution in [0.15, 0.2) is 36.5 Å². The zero-order valence-corrected chi connectivity index (χ0v) is 12.1. The van der Waals surface area contributed by atoms with Gasteiger partial charge in [-0.3, -0.25) is 9.78 Å². The van der Waals surface area contributed by atoms with Gasteiger partial charge in [-0.05, 0) is 42.7 Å². The molecule has 114 valence electrons. The molecule has 22 heavy (non-hydrogen) atoms. The second-order valence-corrected chi connectivity index (χ2v) is 5.33. The van der Waals surface area contributed by atoms with Crippen LogP contribution in [0.2, 0.25) is 0 Å². The van der Waals surface area contributed by atoms with Gasteiger partial charge in [0.15, 0.2) is 0 Å². The molecule has 0 atom stereocenters. The van der Waals surface area contributed by atoms with Gasteiger partial charge < -0.3 is 10.0 Å². The van der Waals surface area contributed by atoms with Crippen molar-refractivity contribution in [3.63, 3.8) is 0 Å². The van der Waals surface area contributed by atoms with Crippen LogP contribution in [-0.2, 0) is 11.4 Å². The maximum Gasteiger partial charge on any atom is 0.227 e. The van der Waals surface area contributed by atoms with Gasteiger partial charge in [0, 0.05) is 24.7 Å². The Morgan fingerprint density at radius 3 is 2.91 bits per heavy atom. The molecule has 0 aliphatic carbocycles. The number of aromatic nitrogens is 1. The second kappa shape index (κ2) is 6.23. The summed E-state index contributed by atoms with van der Waals surface area (Å²) in [6, 6.07) is 7.78. The van der Waals surface area contributed by atoms with Crippen LogP contribution in [0.25, 0.3) is 11.3 Å². The van der Waals surface area contributed by atoms with Crippen LogP contribution >= 0.6 is 0 Å². The lowest BCUT2D eigenvalue weighted by Gasteiger charge is -2.28. The third-order valence-corrected chi connectivity index (χ3v) is 3.90. The molecule has 1 aliphatic heterocycles. The first-order chi connectivity index (χ1) is 10.7. The highest BCUT2D eigenvalue weighted by Crippen LogP contribution is 2.33. The van der Waals surface area contributed by atoms with Crippen LogP contribution in [0, 0.1) is 5.82 Å². The van der Waals surface area contributed by atoms with Crippen molar-refractivity contribution in [2.45, 2.75) is 25.9 Å². The van der Waals surface area contributed by atoms with Crippen molar-refractivity contribution in [3.05, 3.63) is 47.9 Å². The average Bonchev–Trinajstić information content (AvgIpc) is 2.55. The summed E-state index contributed by atoms with van der Waals surface area (Å²) in [7, 11) is 0. The summed E-state index contributed by atoms with van der Waals surface area (Å²) in [5.41, 5.74) is 2.32. The Morgan fingerprint density at radius 2 is 2.14 bits per heavy atom. The lowest BCUT2D eigenvalue weighted by molar-refractivity contribution is -0.119. The summed E-state index contributed by atoms with van der Waals surface area (Å²) >= 11 is 0. The molecule has 0 unspecified atom stereocenters. The molecule has 3 rings (SSSR count). The SMILES string of the molecule is O=C1CCCCN1c1cccnc1-c1cc(F)ccc1CO. The normalized spacial score (nSPS) is 15.2. The van der Waals surface area contributed by atoms with E-state index in [-0.39, 0.29) is 12.5 Å². The average molecular weight is 300 g/mol. The molecule has 1 aromatic heterocycles. The monoisotopic (exact) mass is 300 g/mol. The molecule has 1 aliphatic rings. The van der Waals surface area contributed by atoms with E-state index in [9.17, 15) is 14.3 Å². The van der Waals surface area contributed by atoms with Gasteiger partial charge in [-0.25, -0.2) is 4.39 Å². The number of pyridine rings is 1. The maximum absolute atomic E-state index is 13.6. The highest BCUT2D eigenvalue weighted by Gasteiger charge is 2.23. The summed E-state index contributed by atoms with van der Waals surface area (Å²) in [5.74, 6) is -0.337. The first-order valence-electron chi connectivity index (χ1n) is 7.36. The zero-order chi connectivity index (χ0) is 15.5. The predicted octanol–water partition coefficient (Wildman–Crippen LogP) is 2.90. The van der Waals surface area contributed by atoms with Crippen LogP contribution in [-0.4, -0.2) is 22.5 Å². The lowest BCUT2D eigenvalue weighted by Crippen LogP contribution is -2.35. The summed E-state index contributed by atoms with van der Waals surface area (Å²) in [4.78, 5) is 18.2. The van der Waals surface area contributed by atoms with Crippen molar-refractivity contribution in [2.75, 3.05) is 11.4 Å². The smallest absolute Gasteiger partial charge is 0.227 e. The number of aliphatic hydroxyl groups excluding tert-OH is 1. The number of amides is 1. The fourth-order valence-corrected chi connectivity index (χ4v) is 2.79. The van der Waals surface area contributed by atoms with Crippen LogP contribution in [0.1, 0.15) is 24.8 Å². The van der Waals surface area contributed by atoms with E-state index in [4.69, 9.17) is 0 Å². The van der Waals surface area contributed by atoms with Gasteiger partial charge in [0.2, 0.25) is 5.91 Å². The fourth-order valence-electron chi connectivity index (χ4n) is 2.79. The molecule has 1 amide bonds. The molecule has 0 spiro atoms. The molecule has 0 saturated carbocycles. The predicted molar refractivity (Wildman–Crippen MR) is 81.8 cm³/mol. The van der Waals surface area contributed by atoms with Crippen LogP contribution in [0.5, 0.6) is 0 Å². The maximum atomic E-state index is 13.6. The van der Waals surface area contributed by atoms with E-state index in [2.05, 4.69) is 4.98 Å². The highest BCUT2D eigenvalue weighted by atomic mass is 19.1. The Balaban J connectivity index is 2.12. The zero-order valence-electron chi connectivity index (χ0n) is 12.1. The molecule has 1 aromatic carbocycles. The van der Waals surface area contributed by atoms with Crippen molar-refractivity contribution in [2.24, 2.45) is 0 Å². The van der Waals surface area contributed by atoms with Gasteiger partial charge in [-0.2, -0.15) is 0 Å². The molecule has 4 nitrogen and oxygen atoms in total. The molecular weight excluding hydrogens is 283 g/mol. The van der Waals surface area contributed by atoms with E-state index < -0.39 is 5.82 Å². The van der Waals surface area contributed by atoms with E-state index in [0.717, 1.165) is 12.8 Å². The number of halogens is 1. The number of aliphatic hydroxyl groups is 1. The minimum Gasteiger partial charge on any atom is -0.392 e. The summed E-state index contributed by atoms with van der Waals surface area (Å²) in [6.45, 7) is 0.431. The molecule has 1 fully saturated rings. The quantitative estimate of drug-likeness (QED) is 0.948. The van der Waals surface area contributed by atoms with E-state index in [0.29, 0.717) is 35.5 Å². The summed E-state index contributed by atoms with van der Waals surface area (Å²) in [5, 5.41) is 9.49. The first kappa shape index (κ1) is 14.7. The molecular formula is C17H17FN2O2. The highest BCUT2D eigenvalue weighted by molar-refractivity contribution is 5.97. The fraction of sp³-hybridized carbons (Fsp3) is 0.294. The molecule has 1 saturated heterocycles. The van der Waals surface area contributed by atoms with E-state index >= 15 is 0 Å². The first-order valence-corrected chi connectivity index (χ1v) is 7.36. The van der Waals surface area contributed by atoms with Gasteiger partial charge in [-0.1, -0.05) is 6.07 Å². The standard InChI is InChI=1S/C17H17FN2O2/c18-13-7-6-12(11-21)14(10-13)17-15(4-3-8-19-17)20-9-2-1-5-16(20)22/h3-4,6-8,10,21H,1-2,5,9,11H2. The number of carbonyl (C=O) groups excluding carboxylic acids is 1. The second-order valence-electron chi connectivity index (χ2n) is 5.33. The van der Waals surface area contributed by atoms with Crippen LogP contribution in [0.4, 0.5) is 10.1 Å².